The van der Waals surface area contributed by atoms with Crippen LogP contribution in [0, 0.1) is 5.92 Å². The Balaban J connectivity index is 0.00000289. The molecular weight excluding hydrogens is 515 g/mol. The third-order valence-electron chi connectivity index (χ3n) is 6.31. The zero-order valence-electron chi connectivity index (χ0n) is 18.9. The molecule has 1 aliphatic carbocycles. The Kier molecular flexibility index (Phi) is 9.37. The van der Waals surface area contributed by atoms with Crippen molar-refractivity contribution in [1.82, 2.24) is 25.3 Å². The molecule has 0 bridgehead atoms. The molecule has 0 spiro atoms. The van der Waals surface area contributed by atoms with Crippen molar-refractivity contribution in [2.75, 3.05) is 19.6 Å². The van der Waals surface area contributed by atoms with Gasteiger partial charge < -0.3 is 15.5 Å². The van der Waals surface area contributed by atoms with Gasteiger partial charge in [-0.25, -0.2) is 4.99 Å². The summed E-state index contributed by atoms with van der Waals surface area (Å²) >= 11 is 0. The van der Waals surface area contributed by atoms with Gasteiger partial charge in [-0.15, -0.1) is 24.0 Å². The molecule has 2 N–H and O–H groups in total. The van der Waals surface area contributed by atoms with Gasteiger partial charge in [0.15, 0.2) is 5.96 Å². The predicted molar refractivity (Wildman–Crippen MR) is 138 cm³/mol. The van der Waals surface area contributed by atoms with E-state index in [1.807, 2.05) is 16.9 Å². The van der Waals surface area contributed by atoms with Crippen LogP contribution in [0.3, 0.4) is 0 Å². The number of aliphatic imine (C=N–C) groups is 1. The summed E-state index contributed by atoms with van der Waals surface area (Å²) in [6, 6.07) is 10.6. The van der Waals surface area contributed by atoms with E-state index in [4.69, 9.17) is 4.99 Å². The maximum absolute atomic E-state index is 12.7. The van der Waals surface area contributed by atoms with Crippen molar-refractivity contribution in [3.8, 4) is 0 Å². The molecule has 174 valence electrons. The van der Waals surface area contributed by atoms with E-state index in [9.17, 15) is 4.79 Å². The summed E-state index contributed by atoms with van der Waals surface area (Å²) in [7, 11) is 0. The second kappa shape index (κ2) is 12.2. The lowest BCUT2D eigenvalue weighted by molar-refractivity contribution is -0.134. The smallest absolute Gasteiger partial charge is 0.225 e. The number of hydrogen-bond donors (Lipinski definition) is 2. The van der Waals surface area contributed by atoms with Crippen molar-refractivity contribution in [3.63, 3.8) is 0 Å². The van der Waals surface area contributed by atoms with Crippen LogP contribution in [0.5, 0.6) is 0 Å². The fourth-order valence-electron chi connectivity index (χ4n) is 4.62. The Morgan fingerprint density at radius 2 is 1.94 bits per heavy atom. The number of nitrogens with zero attached hydrogens (tertiary/aromatic N) is 4. The summed E-state index contributed by atoms with van der Waals surface area (Å²) in [5.41, 5.74) is 2.42. The van der Waals surface area contributed by atoms with E-state index in [1.54, 1.807) is 6.20 Å². The molecule has 1 amide bonds. The molecule has 8 heteroatoms. The van der Waals surface area contributed by atoms with Gasteiger partial charge in [0.25, 0.3) is 0 Å². The molecule has 2 fully saturated rings. The number of amides is 1. The summed E-state index contributed by atoms with van der Waals surface area (Å²) in [6.07, 6.45) is 9.28. The van der Waals surface area contributed by atoms with Crippen molar-refractivity contribution in [1.29, 1.82) is 0 Å². The average Bonchev–Trinajstić information content (AvgIpc) is 3.55. The number of carbonyl (C=O) groups is 1. The van der Waals surface area contributed by atoms with Gasteiger partial charge in [-0.3, -0.25) is 9.48 Å². The number of aromatic nitrogens is 2. The molecule has 1 aliphatic heterocycles. The van der Waals surface area contributed by atoms with E-state index in [1.165, 1.54) is 24.0 Å². The number of carbonyl (C=O) groups excluding carboxylic acids is 1. The maximum Gasteiger partial charge on any atom is 0.225 e. The summed E-state index contributed by atoms with van der Waals surface area (Å²) in [4.78, 5) is 19.6. The number of halogens is 1. The number of rotatable bonds is 7. The van der Waals surface area contributed by atoms with Gasteiger partial charge in [0, 0.05) is 44.0 Å². The van der Waals surface area contributed by atoms with Crippen molar-refractivity contribution >= 4 is 35.8 Å². The molecule has 1 unspecified atom stereocenters. The molecule has 1 saturated carbocycles. The van der Waals surface area contributed by atoms with Crippen LogP contribution in [-0.4, -0.2) is 52.2 Å². The van der Waals surface area contributed by atoms with E-state index in [0.717, 1.165) is 51.4 Å². The zero-order chi connectivity index (χ0) is 21.5. The first-order chi connectivity index (χ1) is 15.2. The van der Waals surface area contributed by atoms with Crippen LogP contribution >= 0.6 is 24.0 Å². The third-order valence-corrected chi connectivity index (χ3v) is 6.31. The number of hydrogen-bond acceptors (Lipinski definition) is 3. The van der Waals surface area contributed by atoms with Gasteiger partial charge in [-0.05, 0) is 43.4 Å². The van der Waals surface area contributed by atoms with Crippen LogP contribution in [0.25, 0.3) is 0 Å². The van der Waals surface area contributed by atoms with Gasteiger partial charge in [0.1, 0.15) is 0 Å². The van der Waals surface area contributed by atoms with Gasteiger partial charge in [-0.1, -0.05) is 37.1 Å². The topological polar surface area (TPSA) is 74.6 Å². The third kappa shape index (κ3) is 6.46. The van der Waals surface area contributed by atoms with Crippen LogP contribution in [0.4, 0.5) is 0 Å². The molecule has 2 heterocycles. The monoisotopic (exact) mass is 550 g/mol. The Hall–Kier alpha value is -2.10. The van der Waals surface area contributed by atoms with Gasteiger partial charge >= 0.3 is 0 Å². The molecule has 1 saturated heterocycles. The van der Waals surface area contributed by atoms with Crippen molar-refractivity contribution in [3.05, 3.63) is 53.9 Å². The molecule has 2 aromatic rings. The fourth-order valence-corrected chi connectivity index (χ4v) is 4.62. The minimum Gasteiger partial charge on any atom is -0.357 e. The van der Waals surface area contributed by atoms with Gasteiger partial charge in [-0.2, -0.15) is 5.10 Å². The first-order valence-corrected chi connectivity index (χ1v) is 11.6. The normalized spacial score (nSPS) is 19.1. The first-order valence-electron chi connectivity index (χ1n) is 11.6. The second-order valence-electron chi connectivity index (χ2n) is 8.56. The number of benzene rings is 1. The van der Waals surface area contributed by atoms with Gasteiger partial charge in [0.2, 0.25) is 5.91 Å². The Morgan fingerprint density at radius 3 is 2.66 bits per heavy atom. The predicted octanol–water partition coefficient (Wildman–Crippen LogP) is 3.40. The lowest BCUT2D eigenvalue weighted by Gasteiger charge is -2.21. The Labute approximate surface area is 208 Å². The highest BCUT2D eigenvalue weighted by atomic mass is 127. The second-order valence-corrected chi connectivity index (χ2v) is 8.56. The van der Waals surface area contributed by atoms with Gasteiger partial charge in [0.05, 0.1) is 13.1 Å². The van der Waals surface area contributed by atoms with Crippen molar-refractivity contribution in [2.45, 2.75) is 58.2 Å². The SMILES string of the molecule is CCNC(=NCc1ccccc1Cn1cccn1)NC1CCN(C(=O)C2CCCC2)C1.I. The van der Waals surface area contributed by atoms with E-state index in [-0.39, 0.29) is 35.9 Å². The molecule has 1 aromatic carbocycles. The van der Waals surface area contributed by atoms with E-state index in [2.05, 4.69) is 51.8 Å². The van der Waals surface area contributed by atoms with Crippen LogP contribution in [-0.2, 0) is 17.9 Å². The standard InChI is InChI=1S/C24H34N6O.HI/c1-2-25-24(28-22-12-15-29(18-22)23(31)19-8-3-4-9-19)26-16-20-10-5-6-11-21(20)17-30-14-7-13-27-30;/h5-7,10-11,13-14,19,22H,2-4,8-9,12,15-18H2,1H3,(H2,25,26,28);1H. The lowest BCUT2D eigenvalue weighted by Crippen LogP contribution is -2.45. The van der Waals surface area contributed by atoms with Crippen LogP contribution in [0.2, 0.25) is 0 Å². The molecule has 4 rings (SSSR count). The maximum atomic E-state index is 12.7. The molecule has 1 atom stereocenters. The fraction of sp³-hybridized carbons (Fsp3) is 0.542. The van der Waals surface area contributed by atoms with E-state index >= 15 is 0 Å². The minimum atomic E-state index is 0. The molecule has 0 radical (unpaired) electrons. The van der Waals surface area contributed by atoms with E-state index < -0.39 is 0 Å². The lowest BCUT2D eigenvalue weighted by atomic mass is 10.1. The van der Waals surface area contributed by atoms with Crippen LogP contribution < -0.4 is 10.6 Å². The number of likely N-dealkylation sites (tertiary alicyclic amines) is 1. The highest BCUT2D eigenvalue weighted by Crippen LogP contribution is 2.27. The molecule has 32 heavy (non-hydrogen) atoms. The molecule has 1 aromatic heterocycles. The Morgan fingerprint density at radius 1 is 1.16 bits per heavy atom. The summed E-state index contributed by atoms with van der Waals surface area (Å²) < 4.78 is 1.93. The minimum absolute atomic E-state index is 0. The summed E-state index contributed by atoms with van der Waals surface area (Å²) in [5, 5.41) is 11.2. The molecular formula is C24H35IN6O. The quantitative estimate of drug-likeness (QED) is 0.315. The van der Waals surface area contributed by atoms with Crippen molar-refractivity contribution < 1.29 is 4.79 Å². The van der Waals surface area contributed by atoms with Crippen LogP contribution in [0.15, 0.2) is 47.7 Å². The number of guanidine groups is 1. The van der Waals surface area contributed by atoms with E-state index in [0.29, 0.717) is 12.5 Å². The summed E-state index contributed by atoms with van der Waals surface area (Å²) in [5.74, 6) is 1.43. The highest BCUT2D eigenvalue weighted by Gasteiger charge is 2.32. The molecule has 7 nitrogen and oxygen atoms in total. The van der Waals surface area contributed by atoms with Crippen LogP contribution in [0.1, 0.15) is 50.2 Å². The zero-order valence-corrected chi connectivity index (χ0v) is 21.2. The highest BCUT2D eigenvalue weighted by molar-refractivity contribution is 14.0. The largest absolute Gasteiger partial charge is 0.357 e. The van der Waals surface area contributed by atoms with Crippen molar-refractivity contribution in [2.24, 2.45) is 10.9 Å². The first kappa shape index (κ1) is 24.5. The molecule has 2 aliphatic rings. The Bertz CT molecular complexity index is 878. The summed E-state index contributed by atoms with van der Waals surface area (Å²) in [6.45, 7) is 5.84. The average molecular weight is 550 g/mol. The number of nitrogens with one attached hydrogen (secondary N) is 2.